The van der Waals surface area contributed by atoms with E-state index in [1.807, 2.05) is 14.0 Å². The van der Waals surface area contributed by atoms with Crippen molar-refractivity contribution in [3.8, 4) is 0 Å². The van der Waals surface area contributed by atoms with Crippen molar-refractivity contribution in [3.05, 3.63) is 177 Å². The van der Waals surface area contributed by atoms with Gasteiger partial charge in [0.2, 0.25) is 5.78 Å². The van der Waals surface area contributed by atoms with Crippen molar-refractivity contribution >= 4 is 66.2 Å². The number of rotatable bonds is 10. The summed E-state index contributed by atoms with van der Waals surface area (Å²) >= 11 is 12.1. The standard InChI is InChI=1S/C23H23ClN2O3S.C19H15ClN2O3S/c1-23(2,3)17-5-8-19(9-6-17)30(28,29)25-21-10-7-18(24)15-20(21)22(27)16-11-13-26(4)14-12-16;1-13-5-8-15(9-6-13)26(24,25)22-17-10-7-14(20)12-16(17)19(23)18-4-2-3-11-21-18/h5-15H,1-4H3;2-12,22H,1H3/p+1. The lowest BCUT2D eigenvalue weighted by Gasteiger charge is -2.19. The van der Waals surface area contributed by atoms with Gasteiger partial charge in [0.25, 0.3) is 20.0 Å². The van der Waals surface area contributed by atoms with Gasteiger partial charge < -0.3 is 0 Å². The fourth-order valence-corrected chi connectivity index (χ4v) is 7.79. The lowest BCUT2D eigenvalue weighted by atomic mass is 9.87. The fourth-order valence-electron chi connectivity index (χ4n) is 5.29. The molecule has 0 aliphatic rings. The Kier molecular flexibility index (Phi) is 12.8. The fraction of sp³-hybridized carbons (Fsp3) is 0.143. The molecular weight excluding hydrogens is 792 g/mol. The number of carbonyl (C=O) groups is 2. The molecule has 0 fully saturated rings. The molecule has 0 atom stereocenters. The van der Waals surface area contributed by atoms with Crippen molar-refractivity contribution < 1.29 is 31.0 Å². The van der Waals surface area contributed by atoms with Crippen molar-refractivity contribution in [2.24, 2.45) is 7.05 Å². The number of aromatic nitrogens is 2. The van der Waals surface area contributed by atoms with Crippen molar-refractivity contribution in [2.45, 2.75) is 42.9 Å². The molecule has 0 amide bonds. The van der Waals surface area contributed by atoms with Crippen molar-refractivity contribution in [1.29, 1.82) is 0 Å². The molecule has 0 saturated carbocycles. The molecule has 10 nitrogen and oxygen atoms in total. The summed E-state index contributed by atoms with van der Waals surface area (Å²) in [6.07, 6.45) is 4.99. The van der Waals surface area contributed by atoms with Crippen LogP contribution in [0.5, 0.6) is 0 Å². The molecule has 0 unspecified atom stereocenters. The number of sulfonamides is 2. The van der Waals surface area contributed by atoms with E-state index in [4.69, 9.17) is 23.2 Å². The summed E-state index contributed by atoms with van der Waals surface area (Å²) in [5, 5.41) is 0.667. The minimum absolute atomic E-state index is 0.0855. The summed E-state index contributed by atoms with van der Waals surface area (Å²) in [6.45, 7) is 8.05. The van der Waals surface area contributed by atoms with Crippen molar-refractivity contribution in [3.63, 3.8) is 0 Å². The van der Waals surface area contributed by atoms with E-state index in [9.17, 15) is 26.4 Å². The quantitative estimate of drug-likeness (QED) is 0.104. The van der Waals surface area contributed by atoms with E-state index in [1.54, 1.807) is 89.8 Å². The molecule has 0 aliphatic heterocycles. The summed E-state index contributed by atoms with van der Waals surface area (Å²) in [6, 6.07) is 30.3. The molecule has 2 aromatic heterocycles. The van der Waals surface area contributed by atoms with Crippen molar-refractivity contribution in [2.75, 3.05) is 9.44 Å². The van der Waals surface area contributed by atoms with E-state index >= 15 is 0 Å². The number of nitrogens with zero attached hydrogens (tertiary/aromatic N) is 2. The maximum Gasteiger partial charge on any atom is 0.261 e. The van der Waals surface area contributed by atoms with Crippen LogP contribution in [0.2, 0.25) is 10.0 Å². The van der Waals surface area contributed by atoms with Gasteiger partial charge in [0.05, 0.1) is 21.2 Å². The summed E-state index contributed by atoms with van der Waals surface area (Å²) in [4.78, 5) is 30.0. The summed E-state index contributed by atoms with van der Waals surface area (Å²) in [7, 11) is -5.88. The Bertz CT molecular complexity index is 2600. The van der Waals surface area contributed by atoms with Crippen LogP contribution in [0.3, 0.4) is 0 Å². The first-order valence-corrected chi connectivity index (χ1v) is 20.8. The number of hydrogen-bond acceptors (Lipinski definition) is 7. The molecule has 6 rings (SSSR count). The number of anilines is 2. The summed E-state index contributed by atoms with van der Waals surface area (Å²) in [5.74, 6) is -0.742. The van der Waals surface area contributed by atoms with Gasteiger partial charge in [-0.1, -0.05) is 79.9 Å². The van der Waals surface area contributed by atoms with Crippen LogP contribution in [0.15, 0.2) is 144 Å². The molecule has 0 aliphatic carbocycles. The minimum Gasteiger partial charge on any atom is -0.289 e. The largest absolute Gasteiger partial charge is 0.289 e. The van der Waals surface area contributed by atoms with Gasteiger partial charge in [-0.2, -0.15) is 0 Å². The second-order valence-corrected chi connectivity index (χ2v) is 18.0. The second kappa shape index (κ2) is 17.2. The Labute approximate surface area is 337 Å². The Balaban J connectivity index is 0.000000216. The number of ketones is 2. The van der Waals surface area contributed by atoms with Crippen LogP contribution in [0.25, 0.3) is 0 Å². The van der Waals surface area contributed by atoms with E-state index in [-0.39, 0.29) is 49.2 Å². The van der Waals surface area contributed by atoms with E-state index in [0.717, 1.165) is 11.1 Å². The van der Waals surface area contributed by atoms with Gasteiger partial charge in [-0.15, -0.1) is 0 Å². The molecule has 0 radical (unpaired) electrons. The van der Waals surface area contributed by atoms with E-state index in [1.165, 1.54) is 48.7 Å². The Morgan fingerprint density at radius 1 is 0.643 bits per heavy atom. The lowest BCUT2D eigenvalue weighted by Crippen LogP contribution is -2.26. The molecule has 56 heavy (non-hydrogen) atoms. The van der Waals surface area contributed by atoms with Gasteiger partial charge in [-0.3, -0.25) is 24.0 Å². The highest BCUT2D eigenvalue weighted by Gasteiger charge is 2.23. The number of hydrogen-bond donors (Lipinski definition) is 2. The number of nitrogens with one attached hydrogen (secondary N) is 2. The van der Waals surface area contributed by atoms with E-state index < -0.39 is 25.8 Å². The highest BCUT2D eigenvalue weighted by atomic mass is 35.5. The lowest BCUT2D eigenvalue weighted by molar-refractivity contribution is -0.671. The van der Waals surface area contributed by atoms with Gasteiger partial charge in [-0.25, -0.2) is 21.4 Å². The van der Waals surface area contributed by atoms with Crippen LogP contribution >= 0.6 is 23.2 Å². The SMILES string of the molecule is C[n+]1ccc(C(=O)c2cc(Cl)ccc2NS(=O)(=O)c2ccc(C(C)(C)C)cc2)cc1.Cc1ccc(S(=O)(=O)Nc2ccc(Cl)cc2C(=O)c2ccccn2)cc1. The average Bonchev–Trinajstić information content (AvgIpc) is 3.16. The predicted octanol–water partition coefficient (Wildman–Crippen LogP) is 8.57. The number of aryl methyl sites for hydroxylation is 2. The van der Waals surface area contributed by atoms with Gasteiger partial charge in [-0.05, 0) is 90.7 Å². The predicted molar refractivity (Wildman–Crippen MR) is 220 cm³/mol. The highest BCUT2D eigenvalue weighted by molar-refractivity contribution is 7.93. The Morgan fingerprint density at radius 3 is 1.59 bits per heavy atom. The average molecular weight is 831 g/mol. The molecule has 2 N–H and O–H groups in total. The highest BCUT2D eigenvalue weighted by Crippen LogP contribution is 2.29. The zero-order valence-electron chi connectivity index (χ0n) is 31.1. The summed E-state index contributed by atoms with van der Waals surface area (Å²) in [5.41, 5.74) is 3.16. The van der Waals surface area contributed by atoms with E-state index in [2.05, 4.69) is 35.2 Å². The number of pyridine rings is 2. The second-order valence-electron chi connectivity index (χ2n) is 13.8. The third-order valence-corrected chi connectivity index (χ3v) is 11.7. The van der Waals surface area contributed by atoms with Crippen LogP contribution in [-0.4, -0.2) is 33.4 Å². The molecule has 0 saturated heterocycles. The van der Waals surface area contributed by atoms with Crippen LogP contribution in [-0.2, 0) is 32.5 Å². The minimum atomic E-state index is -3.88. The van der Waals surface area contributed by atoms with Gasteiger partial charge in [0, 0.05) is 45.1 Å². The van der Waals surface area contributed by atoms with Gasteiger partial charge in [0.15, 0.2) is 18.2 Å². The Morgan fingerprint density at radius 2 is 1.12 bits per heavy atom. The number of carbonyl (C=O) groups excluding carboxylic acids is 2. The smallest absolute Gasteiger partial charge is 0.261 e. The third kappa shape index (κ3) is 10.5. The van der Waals surface area contributed by atoms with Crippen LogP contribution in [0.1, 0.15) is 63.9 Å². The van der Waals surface area contributed by atoms with Crippen LogP contribution in [0.4, 0.5) is 11.4 Å². The molecule has 4 aromatic carbocycles. The molecule has 6 aromatic rings. The first-order valence-electron chi connectivity index (χ1n) is 17.1. The topological polar surface area (TPSA) is 143 Å². The Hall–Kier alpha value is -5.40. The third-order valence-electron chi connectivity index (χ3n) is 8.44. The zero-order valence-corrected chi connectivity index (χ0v) is 34.3. The number of benzene rings is 4. The molecular formula is C42H39Cl2N4O6S2+. The van der Waals surface area contributed by atoms with Crippen molar-refractivity contribution in [1.82, 2.24) is 4.98 Å². The maximum atomic E-state index is 13.0. The molecule has 288 valence electrons. The zero-order chi connectivity index (χ0) is 40.8. The molecule has 0 spiro atoms. The maximum absolute atomic E-state index is 13.0. The normalized spacial score (nSPS) is 11.6. The van der Waals surface area contributed by atoms with Gasteiger partial charge >= 0.3 is 0 Å². The first kappa shape index (κ1) is 41.8. The number of halogens is 2. The first-order chi connectivity index (χ1) is 26.3. The summed E-state index contributed by atoms with van der Waals surface area (Å²) < 4.78 is 58.0. The van der Waals surface area contributed by atoms with Crippen LogP contribution < -0.4 is 14.0 Å². The molecule has 2 heterocycles. The van der Waals surface area contributed by atoms with Crippen LogP contribution in [0, 0.1) is 6.92 Å². The molecule has 0 bridgehead atoms. The monoisotopic (exact) mass is 829 g/mol. The molecule has 14 heteroatoms. The van der Waals surface area contributed by atoms with E-state index in [0.29, 0.717) is 15.6 Å². The van der Waals surface area contributed by atoms with Gasteiger partial charge in [0.1, 0.15) is 12.7 Å².